The quantitative estimate of drug-likeness (QED) is 0.532. The molecule has 0 aromatic carbocycles. The first kappa shape index (κ1) is 19.4. The van der Waals surface area contributed by atoms with Crippen molar-refractivity contribution in [3.05, 3.63) is 0 Å². The highest BCUT2D eigenvalue weighted by Gasteiger charge is 2.42. The Bertz CT molecular complexity index is 342. The van der Waals surface area contributed by atoms with Crippen LogP contribution < -0.4 is 0 Å². The van der Waals surface area contributed by atoms with Crippen molar-refractivity contribution in [1.82, 2.24) is 0 Å². The van der Waals surface area contributed by atoms with Gasteiger partial charge in [-0.25, -0.2) is 0 Å². The average molecular weight is 319 g/mol. The van der Waals surface area contributed by atoms with Gasteiger partial charge < -0.3 is 9.47 Å². The minimum atomic E-state index is -1.75. The van der Waals surface area contributed by atoms with Crippen LogP contribution >= 0.6 is 0 Å². The van der Waals surface area contributed by atoms with Crippen LogP contribution in [0.5, 0.6) is 0 Å². The molecule has 20 heavy (non-hydrogen) atoms. The molecule has 0 saturated carbocycles. The highest BCUT2D eigenvalue weighted by Crippen LogP contribution is 2.38. The van der Waals surface area contributed by atoms with E-state index in [-0.39, 0.29) is 23.0 Å². The molecule has 0 aromatic heterocycles. The molecule has 0 aliphatic carbocycles. The predicted molar refractivity (Wildman–Crippen MR) is 87.5 cm³/mol. The third kappa shape index (κ3) is 5.79. The van der Waals surface area contributed by atoms with Gasteiger partial charge in [-0.1, -0.05) is 39.3 Å². The standard InChI is InChI=1S/C14H30O4Si2/c1-9-18-14(16)12(20(6,7)8)10-11(13(15)17-2)19(3,4)5/h11-12H,9-10H2,1-8H3. The lowest BCUT2D eigenvalue weighted by Gasteiger charge is -2.34. The predicted octanol–water partition coefficient (Wildman–Crippen LogP) is 3.53. The van der Waals surface area contributed by atoms with E-state index in [0.29, 0.717) is 13.0 Å². The smallest absolute Gasteiger partial charge is 0.306 e. The molecule has 118 valence electrons. The molecular formula is C14H30O4Si2. The lowest BCUT2D eigenvalue weighted by molar-refractivity contribution is -0.144. The Morgan fingerprint density at radius 2 is 1.30 bits per heavy atom. The van der Waals surface area contributed by atoms with Gasteiger partial charge in [-0.05, 0) is 13.3 Å². The summed E-state index contributed by atoms with van der Waals surface area (Å²) in [5, 5.41) is 0. The highest BCUT2D eigenvalue weighted by molar-refractivity contribution is 6.82. The summed E-state index contributed by atoms with van der Waals surface area (Å²) >= 11 is 0. The number of hydrogen-bond acceptors (Lipinski definition) is 4. The molecule has 0 spiro atoms. The second kappa shape index (κ2) is 7.40. The van der Waals surface area contributed by atoms with Crippen LogP contribution in [-0.2, 0) is 19.1 Å². The summed E-state index contributed by atoms with van der Waals surface area (Å²) in [7, 11) is -2.07. The van der Waals surface area contributed by atoms with Gasteiger partial charge in [0.2, 0.25) is 0 Å². The Balaban J connectivity index is 5.29. The highest BCUT2D eigenvalue weighted by atomic mass is 28.3. The largest absolute Gasteiger partial charge is 0.469 e. The van der Waals surface area contributed by atoms with Crippen LogP contribution in [0.1, 0.15) is 13.3 Å². The van der Waals surface area contributed by atoms with Gasteiger partial charge in [0.25, 0.3) is 0 Å². The number of hydrogen-bond donors (Lipinski definition) is 0. The second-order valence-electron chi connectivity index (χ2n) is 7.35. The summed E-state index contributed by atoms with van der Waals surface area (Å²) in [5.41, 5.74) is -0.313. The Hall–Kier alpha value is -0.626. The van der Waals surface area contributed by atoms with Crippen molar-refractivity contribution < 1.29 is 19.1 Å². The molecule has 0 fully saturated rings. The van der Waals surface area contributed by atoms with Crippen LogP contribution in [0.4, 0.5) is 0 Å². The maximum atomic E-state index is 12.2. The average Bonchev–Trinajstić information content (AvgIpc) is 2.25. The van der Waals surface area contributed by atoms with Crippen LogP contribution in [0.2, 0.25) is 50.4 Å². The SMILES string of the molecule is CCOC(=O)C(CC(C(=O)OC)[Si](C)(C)C)[Si](C)(C)C. The molecule has 0 bridgehead atoms. The molecule has 2 atom stereocenters. The van der Waals surface area contributed by atoms with E-state index in [1.54, 1.807) is 0 Å². The van der Waals surface area contributed by atoms with Gasteiger partial charge in [-0.3, -0.25) is 9.59 Å². The number of carbonyl (C=O) groups excluding carboxylic acids is 2. The fraction of sp³-hybridized carbons (Fsp3) is 0.857. The molecule has 0 amide bonds. The zero-order valence-corrected chi connectivity index (χ0v) is 16.2. The Kier molecular flexibility index (Phi) is 7.17. The van der Waals surface area contributed by atoms with Gasteiger partial charge in [-0.2, -0.15) is 0 Å². The van der Waals surface area contributed by atoms with Gasteiger partial charge in [0.15, 0.2) is 0 Å². The molecule has 0 aliphatic heterocycles. The molecule has 6 heteroatoms. The first-order valence-electron chi connectivity index (χ1n) is 7.19. The van der Waals surface area contributed by atoms with Crippen LogP contribution in [0.25, 0.3) is 0 Å². The molecule has 2 unspecified atom stereocenters. The van der Waals surface area contributed by atoms with Crippen molar-refractivity contribution in [2.75, 3.05) is 13.7 Å². The maximum absolute atomic E-state index is 12.2. The topological polar surface area (TPSA) is 52.6 Å². The lowest BCUT2D eigenvalue weighted by Crippen LogP contribution is -2.41. The molecule has 0 heterocycles. The lowest BCUT2D eigenvalue weighted by atomic mass is 10.2. The van der Waals surface area contributed by atoms with E-state index in [1.165, 1.54) is 7.11 Å². The van der Waals surface area contributed by atoms with E-state index < -0.39 is 16.1 Å². The monoisotopic (exact) mass is 318 g/mol. The van der Waals surface area contributed by atoms with Crippen molar-refractivity contribution >= 4 is 28.1 Å². The molecule has 0 radical (unpaired) electrons. The number of esters is 2. The van der Waals surface area contributed by atoms with Gasteiger partial charge in [0.05, 0.1) is 40.9 Å². The van der Waals surface area contributed by atoms with E-state index in [2.05, 4.69) is 39.3 Å². The van der Waals surface area contributed by atoms with Crippen molar-refractivity contribution in [2.24, 2.45) is 0 Å². The van der Waals surface area contributed by atoms with Crippen LogP contribution in [-0.4, -0.2) is 41.8 Å². The molecular weight excluding hydrogens is 288 g/mol. The fourth-order valence-electron chi connectivity index (χ4n) is 2.23. The summed E-state index contributed by atoms with van der Waals surface area (Å²) in [6.45, 7) is 15.1. The van der Waals surface area contributed by atoms with Crippen molar-refractivity contribution in [1.29, 1.82) is 0 Å². The van der Waals surface area contributed by atoms with Crippen LogP contribution in [0.15, 0.2) is 0 Å². The minimum Gasteiger partial charge on any atom is -0.469 e. The minimum absolute atomic E-state index is 0.154. The zero-order chi connectivity index (χ0) is 16.1. The van der Waals surface area contributed by atoms with Crippen LogP contribution in [0, 0.1) is 0 Å². The molecule has 0 N–H and O–H groups in total. The maximum Gasteiger partial charge on any atom is 0.306 e. The van der Waals surface area contributed by atoms with Gasteiger partial charge in [0, 0.05) is 0 Å². The Labute approximate surface area is 125 Å². The fourth-order valence-corrected chi connectivity index (χ4v) is 5.96. The van der Waals surface area contributed by atoms with Crippen molar-refractivity contribution in [3.8, 4) is 0 Å². The zero-order valence-electron chi connectivity index (χ0n) is 14.2. The summed E-state index contributed by atoms with van der Waals surface area (Å²) in [4.78, 5) is 24.3. The van der Waals surface area contributed by atoms with E-state index in [1.807, 2.05) is 6.92 Å². The molecule has 0 aliphatic rings. The first-order chi connectivity index (χ1) is 8.95. The summed E-state index contributed by atoms with van der Waals surface area (Å²) in [6, 6.07) is 0. The van der Waals surface area contributed by atoms with E-state index in [0.717, 1.165) is 0 Å². The molecule has 4 nitrogen and oxygen atoms in total. The molecule has 0 saturated heterocycles. The van der Waals surface area contributed by atoms with Gasteiger partial charge in [-0.15, -0.1) is 0 Å². The normalized spacial score (nSPS) is 15.4. The Morgan fingerprint density at radius 3 is 1.60 bits per heavy atom. The molecule has 0 aromatic rings. The third-order valence-electron chi connectivity index (χ3n) is 3.62. The number of methoxy groups -OCH3 is 1. The number of carbonyl (C=O) groups is 2. The summed E-state index contributed by atoms with van der Waals surface area (Å²) in [5.74, 6) is -0.337. The summed E-state index contributed by atoms with van der Waals surface area (Å²) in [6.07, 6.45) is 0.566. The molecule has 0 rings (SSSR count). The van der Waals surface area contributed by atoms with E-state index in [9.17, 15) is 9.59 Å². The van der Waals surface area contributed by atoms with Gasteiger partial charge >= 0.3 is 11.9 Å². The second-order valence-corrected chi connectivity index (χ2v) is 18.2. The Morgan fingerprint density at radius 1 is 0.900 bits per heavy atom. The van der Waals surface area contributed by atoms with E-state index in [4.69, 9.17) is 9.47 Å². The third-order valence-corrected chi connectivity index (χ3v) is 8.74. The van der Waals surface area contributed by atoms with Crippen molar-refractivity contribution in [3.63, 3.8) is 0 Å². The van der Waals surface area contributed by atoms with Crippen LogP contribution in [0.3, 0.4) is 0 Å². The number of ether oxygens (including phenoxy) is 2. The van der Waals surface area contributed by atoms with Gasteiger partial charge in [0.1, 0.15) is 0 Å². The van der Waals surface area contributed by atoms with E-state index >= 15 is 0 Å². The first-order valence-corrected chi connectivity index (χ1v) is 14.3. The summed E-state index contributed by atoms with van der Waals surface area (Å²) < 4.78 is 10.2. The number of rotatable bonds is 7. The van der Waals surface area contributed by atoms with Crippen molar-refractivity contribution in [2.45, 2.75) is 63.7 Å².